The van der Waals surface area contributed by atoms with E-state index in [-0.39, 0.29) is 5.82 Å². The highest BCUT2D eigenvalue weighted by Crippen LogP contribution is 2.37. The molecule has 4 nitrogen and oxygen atoms in total. The Bertz CT molecular complexity index is 734. The summed E-state index contributed by atoms with van der Waals surface area (Å²) in [5.41, 5.74) is 1.92. The molecule has 3 rings (SSSR count). The van der Waals surface area contributed by atoms with Gasteiger partial charge in [0.05, 0.1) is 12.1 Å². The second-order valence-corrected chi connectivity index (χ2v) is 7.26. The first-order chi connectivity index (χ1) is 13.2. The summed E-state index contributed by atoms with van der Waals surface area (Å²) in [7, 11) is 1.60. The van der Waals surface area contributed by atoms with Gasteiger partial charge in [-0.25, -0.2) is 4.39 Å². The van der Waals surface area contributed by atoms with Gasteiger partial charge in [0.15, 0.2) is 11.5 Å². The standard InChI is InChI=1S/C21H26ClFN2O2/c1-26-20-11-17(13-25-12-15-6-8-24-9-7-15)10-19(22)21(20)27-14-16-2-4-18(23)5-3-16/h2-5,10-11,15,24-25H,6-9,12-14H2,1H3. The van der Waals surface area contributed by atoms with Crippen molar-refractivity contribution in [3.05, 3.63) is 58.4 Å². The minimum atomic E-state index is -0.268. The maximum Gasteiger partial charge on any atom is 0.180 e. The van der Waals surface area contributed by atoms with E-state index < -0.39 is 0 Å². The maximum absolute atomic E-state index is 13.0. The van der Waals surface area contributed by atoms with Gasteiger partial charge in [0.2, 0.25) is 0 Å². The van der Waals surface area contributed by atoms with Gasteiger partial charge in [0.1, 0.15) is 12.4 Å². The zero-order valence-electron chi connectivity index (χ0n) is 15.6. The van der Waals surface area contributed by atoms with Crippen molar-refractivity contribution in [2.24, 2.45) is 5.92 Å². The molecule has 27 heavy (non-hydrogen) atoms. The van der Waals surface area contributed by atoms with Crippen LogP contribution in [0.1, 0.15) is 24.0 Å². The predicted molar refractivity (Wildman–Crippen MR) is 106 cm³/mol. The van der Waals surface area contributed by atoms with Crippen LogP contribution in [0.15, 0.2) is 36.4 Å². The van der Waals surface area contributed by atoms with Crippen molar-refractivity contribution in [2.75, 3.05) is 26.7 Å². The molecule has 0 spiro atoms. The molecule has 0 bridgehead atoms. The van der Waals surface area contributed by atoms with Crippen molar-refractivity contribution in [3.63, 3.8) is 0 Å². The number of methoxy groups -OCH3 is 1. The summed E-state index contributed by atoms with van der Waals surface area (Å²) in [6.45, 7) is 4.24. The molecular weight excluding hydrogens is 367 g/mol. The molecule has 0 atom stereocenters. The van der Waals surface area contributed by atoms with E-state index in [2.05, 4.69) is 10.6 Å². The lowest BCUT2D eigenvalue weighted by Crippen LogP contribution is -2.33. The van der Waals surface area contributed by atoms with Crippen LogP contribution in [0.25, 0.3) is 0 Å². The van der Waals surface area contributed by atoms with E-state index in [1.54, 1.807) is 19.2 Å². The van der Waals surface area contributed by atoms with Crippen LogP contribution in [0.4, 0.5) is 4.39 Å². The molecule has 1 heterocycles. The Morgan fingerprint density at radius 3 is 2.59 bits per heavy atom. The fourth-order valence-corrected chi connectivity index (χ4v) is 3.55. The molecule has 0 radical (unpaired) electrons. The van der Waals surface area contributed by atoms with Crippen molar-refractivity contribution in [2.45, 2.75) is 26.0 Å². The van der Waals surface area contributed by atoms with E-state index >= 15 is 0 Å². The second-order valence-electron chi connectivity index (χ2n) is 6.85. The Kier molecular flexibility index (Phi) is 7.33. The third kappa shape index (κ3) is 5.83. The van der Waals surface area contributed by atoms with E-state index in [4.69, 9.17) is 21.1 Å². The molecule has 0 saturated carbocycles. The number of nitrogens with one attached hydrogen (secondary N) is 2. The van der Waals surface area contributed by atoms with Crippen LogP contribution in [-0.2, 0) is 13.2 Å². The van der Waals surface area contributed by atoms with E-state index in [0.29, 0.717) is 23.1 Å². The predicted octanol–water partition coefficient (Wildman–Crippen LogP) is 4.16. The molecular formula is C21H26ClFN2O2. The average molecular weight is 393 g/mol. The SMILES string of the molecule is COc1cc(CNCC2CCNCC2)cc(Cl)c1OCc1ccc(F)cc1. The summed E-state index contributed by atoms with van der Waals surface area (Å²) in [5.74, 6) is 1.56. The van der Waals surface area contributed by atoms with Crippen molar-refractivity contribution < 1.29 is 13.9 Å². The molecule has 2 aromatic rings. The normalized spacial score (nSPS) is 14.9. The lowest BCUT2D eigenvalue weighted by atomic mass is 9.98. The Morgan fingerprint density at radius 1 is 1.15 bits per heavy atom. The number of piperidine rings is 1. The number of benzene rings is 2. The summed E-state index contributed by atoms with van der Waals surface area (Å²) in [5, 5.41) is 7.41. The minimum absolute atomic E-state index is 0.268. The average Bonchev–Trinajstić information content (AvgIpc) is 2.69. The Balaban J connectivity index is 1.59. The van der Waals surface area contributed by atoms with Crippen LogP contribution in [0.2, 0.25) is 5.02 Å². The lowest BCUT2D eigenvalue weighted by molar-refractivity contribution is 0.284. The van der Waals surface area contributed by atoms with Crippen molar-refractivity contribution in [1.29, 1.82) is 0 Å². The van der Waals surface area contributed by atoms with Crippen LogP contribution < -0.4 is 20.1 Å². The van der Waals surface area contributed by atoms with E-state index in [1.807, 2.05) is 12.1 Å². The number of ether oxygens (including phenoxy) is 2. The van der Waals surface area contributed by atoms with E-state index in [9.17, 15) is 4.39 Å². The monoisotopic (exact) mass is 392 g/mol. The van der Waals surface area contributed by atoms with Crippen molar-refractivity contribution >= 4 is 11.6 Å². The van der Waals surface area contributed by atoms with E-state index in [0.717, 1.165) is 43.2 Å². The molecule has 1 saturated heterocycles. The molecule has 0 aliphatic carbocycles. The number of hydrogen-bond acceptors (Lipinski definition) is 4. The van der Waals surface area contributed by atoms with Crippen LogP contribution >= 0.6 is 11.6 Å². The second kappa shape index (κ2) is 9.93. The van der Waals surface area contributed by atoms with Gasteiger partial charge in [0, 0.05) is 6.54 Å². The maximum atomic E-state index is 13.0. The fourth-order valence-electron chi connectivity index (χ4n) is 3.26. The third-order valence-electron chi connectivity index (χ3n) is 4.81. The number of hydrogen-bond donors (Lipinski definition) is 2. The highest BCUT2D eigenvalue weighted by Gasteiger charge is 2.14. The first-order valence-corrected chi connectivity index (χ1v) is 9.68. The highest BCUT2D eigenvalue weighted by atomic mass is 35.5. The van der Waals surface area contributed by atoms with Crippen LogP contribution in [0.5, 0.6) is 11.5 Å². The topological polar surface area (TPSA) is 42.5 Å². The lowest BCUT2D eigenvalue weighted by Gasteiger charge is -2.23. The van der Waals surface area contributed by atoms with Crippen molar-refractivity contribution in [3.8, 4) is 11.5 Å². The fraction of sp³-hybridized carbons (Fsp3) is 0.429. The third-order valence-corrected chi connectivity index (χ3v) is 5.09. The molecule has 2 N–H and O–H groups in total. The van der Waals surface area contributed by atoms with Gasteiger partial charge >= 0.3 is 0 Å². The van der Waals surface area contributed by atoms with Gasteiger partial charge in [0.25, 0.3) is 0 Å². The molecule has 0 unspecified atom stereocenters. The summed E-state index contributed by atoms with van der Waals surface area (Å²) in [6, 6.07) is 10.0. The number of halogens is 2. The Hall–Kier alpha value is -1.82. The van der Waals surface area contributed by atoms with Gasteiger partial charge in [-0.2, -0.15) is 0 Å². The van der Waals surface area contributed by atoms with Gasteiger partial charge in [-0.05, 0) is 73.8 Å². The minimum Gasteiger partial charge on any atom is -0.493 e. The first-order valence-electron chi connectivity index (χ1n) is 9.31. The summed E-state index contributed by atoms with van der Waals surface area (Å²) >= 11 is 6.43. The van der Waals surface area contributed by atoms with Crippen LogP contribution in [0, 0.1) is 11.7 Å². The quantitative estimate of drug-likeness (QED) is 0.708. The van der Waals surface area contributed by atoms with Crippen molar-refractivity contribution in [1.82, 2.24) is 10.6 Å². The largest absolute Gasteiger partial charge is 0.493 e. The molecule has 1 fully saturated rings. The Labute approximate surface area is 165 Å². The van der Waals surface area contributed by atoms with Gasteiger partial charge < -0.3 is 20.1 Å². The van der Waals surface area contributed by atoms with Crippen LogP contribution in [0.3, 0.4) is 0 Å². The molecule has 2 aromatic carbocycles. The molecule has 0 aromatic heterocycles. The van der Waals surface area contributed by atoms with E-state index in [1.165, 1.54) is 25.0 Å². The van der Waals surface area contributed by atoms with Gasteiger partial charge in [-0.15, -0.1) is 0 Å². The van der Waals surface area contributed by atoms with Crippen LogP contribution in [-0.4, -0.2) is 26.7 Å². The Morgan fingerprint density at radius 2 is 1.89 bits per heavy atom. The highest BCUT2D eigenvalue weighted by molar-refractivity contribution is 6.32. The molecule has 6 heteroatoms. The van der Waals surface area contributed by atoms with Gasteiger partial charge in [-0.3, -0.25) is 0 Å². The summed E-state index contributed by atoms with van der Waals surface area (Å²) < 4.78 is 24.3. The number of rotatable bonds is 8. The molecule has 0 amide bonds. The summed E-state index contributed by atoms with van der Waals surface area (Å²) in [4.78, 5) is 0. The zero-order chi connectivity index (χ0) is 19.1. The van der Waals surface area contributed by atoms with Gasteiger partial charge in [-0.1, -0.05) is 23.7 Å². The molecule has 1 aliphatic heterocycles. The smallest absolute Gasteiger partial charge is 0.180 e. The zero-order valence-corrected chi connectivity index (χ0v) is 16.3. The first kappa shape index (κ1) is 19.9. The molecule has 1 aliphatic rings. The summed E-state index contributed by atoms with van der Waals surface area (Å²) in [6.07, 6.45) is 2.43. The molecule has 146 valence electrons.